The summed E-state index contributed by atoms with van der Waals surface area (Å²) >= 11 is 0. The van der Waals surface area contributed by atoms with Gasteiger partial charge in [-0.15, -0.1) is 0 Å². The summed E-state index contributed by atoms with van der Waals surface area (Å²) in [4.78, 5) is 11.3. The van der Waals surface area contributed by atoms with Crippen LogP contribution < -0.4 is 14.8 Å². The average molecular weight is 251 g/mol. The normalized spacial score (nSPS) is 14.1. The summed E-state index contributed by atoms with van der Waals surface area (Å²) < 4.78 is 15.4. The molecule has 0 spiro atoms. The third-order valence-electron chi connectivity index (χ3n) is 2.62. The molecule has 0 saturated heterocycles. The molecule has 5 heteroatoms. The van der Waals surface area contributed by atoms with Gasteiger partial charge in [0.1, 0.15) is 0 Å². The second-order valence-corrected chi connectivity index (χ2v) is 4.16. The van der Waals surface area contributed by atoms with E-state index in [1.54, 1.807) is 6.92 Å². The van der Waals surface area contributed by atoms with Crippen molar-refractivity contribution in [3.63, 3.8) is 0 Å². The molecule has 1 N–H and O–H groups in total. The molecule has 0 aliphatic carbocycles. The molecule has 0 aromatic heterocycles. The molecular weight excluding hydrogens is 234 g/mol. The lowest BCUT2D eigenvalue weighted by Crippen LogP contribution is -2.34. The van der Waals surface area contributed by atoms with Crippen LogP contribution in [0.1, 0.15) is 19.4 Å². The largest absolute Gasteiger partial charge is 0.454 e. The maximum atomic E-state index is 11.3. The molecule has 1 heterocycles. The molecule has 5 nitrogen and oxygen atoms in total. The number of ether oxygens (including phenoxy) is 3. The second kappa shape index (κ2) is 5.62. The number of carbonyl (C=O) groups is 1. The molecule has 1 aromatic rings. The van der Waals surface area contributed by atoms with Crippen molar-refractivity contribution in [1.29, 1.82) is 0 Å². The average Bonchev–Trinajstić information content (AvgIpc) is 2.76. The van der Waals surface area contributed by atoms with Gasteiger partial charge in [-0.2, -0.15) is 0 Å². The smallest absolute Gasteiger partial charge is 0.407 e. The van der Waals surface area contributed by atoms with Gasteiger partial charge in [-0.25, -0.2) is 4.79 Å². The molecule has 1 aliphatic heterocycles. The van der Waals surface area contributed by atoms with Gasteiger partial charge in [0.05, 0.1) is 6.61 Å². The number of hydrogen-bond acceptors (Lipinski definition) is 4. The van der Waals surface area contributed by atoms with Gasteiger partial charge in [0.2, 0.25) is 6.79 Å². The van der Waals surface area contributed by atoms with Crippen molar-refractivity contribution in [1.82, 2.24) is 5.32 Å². The van der Waals surface area contributed by atoms with Gasteiger partial charge >= 0.3 is 6.09 Å². The fraction of sp³-hybridized carbons (Fsp3) is 0.462. The number of fused-ring (bicyclic) bond motifs is 1. The minimum Gasteiger partial charge on any atom is -0.454 e. The Bertz CT molecular complexity index is 433. The van der Waals surface area contributed by atoms with Crippen LogP contribution in [0.15, 0.2) is 18.2 Å². The van der Waals surface area contributed by atoms with Crippen LogP contribution in [0.2, 0.25) is 0 Å². The lowest BCUT2D eigenvalue weighted by molar-refractivity contribution is 0.149. The van der Waals surface area contributed by atoms with E-state index in [9.17, 15) is 4.79 Å². The first-order chi connectivity index (χ1) is 8.69. The van der Waals surface area contributed by atoms with E-state index in [0.29, 0.717) is 6.61 Å². The van der Waals surface area contributed by atoms with Crippen LogP contribution in [-0.4, -0.2) is 25.5 Å². The number of carbonyl (C=O) groups excluding carboxylic acids is 1. The fourth-order valence-corrected chi connectivity index (χ4v) is 1.85. The molecule has 1 amide bonds. The van der Waals surface area contributed by atoms with E-state index in [4.69, 9.17) is 14.2 Å². The topological polar surface area (TPSA) is 56.8 Å². The van der Waals surface area contributed by atoms with Crippen LogP contribution >= 0.6 is 0 Å². The Morgan fingerprint density at radius 2 is 2.22 bits per heavy atom. The summed E-state index contributed by atoms with van der Waals surface area (Å²) in [6.45, 7) is 4.36. The van der Waals surface area contributed by atoms with Crippen molar-refractivity contribution in [2.45, 2.75) is 26.3 Å². The minimum absolute atomic E-state index is 0.00409. The number of alkyl carbamates (subject to hydrolysis) is 1. The van der Waals surface area contributed by atoms with Gasteiger partial charge in [0.15, 0.2) is 11.5 Å². The predicted octanol–water partition coefficient (Wildman–Crippen LogP) is 2.09. The second-order valence-electron chi connectivity index (χ2n) is 4.16. The Morgan fingerprint density at radius 3 is 3.00 bits per heavy atom. The van der Waals surface area contributed by atoms with Crippen LogP contribution in [-0.2, 0) is 11.2 Å². The third kappa shape index (κ3) is 3.06. The zero-order valence-electron chi connectivity index (χ0n) is 10.6. The van der Waals surface area contributed by atoms with Crippen LogP contribution in [0.3, 0.4) is 0 Å². The van der Waals surface area contributed by atoms with E-state index < -0.39 is 0 Å². The van der Waals surface area contributed by atoms with Gasteiger partial charge in [0, 0.05) is 6.04 Å². The first kappa shape index (κ1) is 12.5. The fourth-order valence-electron chi connectivity index (χ4n) is 1.85. The van der Waals surface area contributed by atoms with E-state index in [0.717, 1.165) is 23.5 Å². The standard InChI is InChI=1S/C13H17NO4/c1-3-16-13(15)14-9(2)6-10-4-5-11-12(7-10)18-8-17-11/h4-5,7,9H,3,6,8H2,1-2H3,(H,14,15)/t9-/m1/s1. The van der Waals surface area contributed by atoms with Gasteiger partial charge < -0.3 is 19.5 Å². The summed E-state index contributed by atoms with van der Waals surface area (Å²) in [7, 11) is 0. The molecule has 0 unspecified atom stereocenters. The Kier molecular flexibility index (Phi) is 3.92. The number of rotatable bonds is 4. The number of nitrogens with one attached hydrogen (secondary N) is 1. The third-order valence-corrected chi connectivity index (χ3v) is 2.62. The first-order valence-electron chi connectivity index (χ1n) is 6.01. The van der Waals surface area contributed by atoms with Gasteiger partial charge in [0.25, 0.3) is 0 Å². The summed E-state index contributed by atoms with van der Waals surface area (Å²) in [5, 5.41) is 2.76. The van der Waals surface area contributed by atoms with Crippen LogP contribution in [0.25, 0.3) is 0 Å². The van der Waals surface area contributed by atoms with E-state index in [-0.39, 0.29) is 18.9 Å². The monoisotopic (exact) mass is 251 g/mol. The molecule has 18 heavy (non-hydrogen) atoms. The zero-order chi connectivity index (χ0) is 13.0. The molecule has 1 atom stereocenters. The van der Waals surface area contributed by atoms with Gasteiger partial charge in [-0.05, 0) is 38.0 Å². The maximum absolute atomic E-state index is 11.3. The highest BCUT2D eigenvalue weighted by Gasteiger charge is 2.15. The molecule has 98 valence electrons. The molecule has 0 radical (unpaired) electrons. The first-order valence-corrected chi connectivity index (χ1v) is 6.01. The van der Waals surface area contributed by atoms with E-state index >= 15 is 0 Å². The van der Waals surface area contributed by atoms with Crippen molar-refractivity contribution in [2.24, 2.45) is 0 Å². The quantitative estimate of drug-likeness (QED) is 0.890. The molecule has 2 rings (SSSR count). The molecule has 1 aliphatic rings. The summed E-state index contributed by atoms with van der Waals surface area (Å²) in [6.07, 6.45) is 0.334. The highest BCUT2D eigenvalue weighted by Crippen LogP contribution is 2.32. The lowest BCUT2D eigenvalue weighted by Gasteiger charge is -2.13. The maximum Gasteiger partial charge on any atom is 0.407 e. The molecule has 0 fully saturated rings. The van der Waals surface area contributed by atoms with E-state index in [2.05, 4.69) is 5.32 Å². The van der Waals surface area contributed by atoms with Crippen molar-refractivity contribution >= 4 is 6.09 Å². The summed E-state index contributed by atoms with van der Waals surface area (Å²) in [5.74, 6) is 1.53. The number of benzene rings is 1. The molecule has 0 saturated carbocycles. The molecule has 1 aromatic carbocycles. The van der Waals surface area contributed by atoms with Gasteiger partial charge in [-0.3, -0.25) is 0 Å². The summed E-state index contributed by atoms with van der Waals surface area (Å²) in [5.41, 5.74) is 1.09. The SMILES string of the molecule is CCOC(=O)N[C@H](C)Cc1ccc2c(c1)OCO2. The van der Waals surface area contributed by atoms with Crippen molar-refractivity contribution < 1.29 is 19.0 Å². The van der Waals surface area contributed by atoms with E-state index in [1.165, 1.54) is 0 Å². The lowest BCUT2D eigenvalue weighted by atomic mass is 10.1. The molecular formula is C13H17NO4. The van der Waals surface area contributed by atoms with Crippen molar-refractivity contribution in [3.05, 3.63) is 23.8 Å². The van der Waals surface area contributed by atoms with Crippen LogP contribution in [0.5, 0.6) is 11.5 Å². The predicted molar refractivity (Wildman–Crippen MR) is 65.9 cm³/mol. The van der Waals surface area contributed by atoms with E-state index in [1.807, 2.05) is 25.1 Å². The number of hydrogen-bond donors (Lipinski definition) is 1. The van der Waals surface area contributed by atoms with Crippen LogP contribution in [0, 0.1) is 0 Å². The number of amides is 1. The highest BCUT2D eigenvalue weighted by atomic mass is 16.7. The Labute approximate surface area is 106 Å². The van der Waals surface area contributed by atoms with Gasteiger partial charge in [-0.1, -0.05) is 6.07 Å². The summed E-state index contributed by atoms with van der Waals surface area (Å²) in [6, 6.07) is 5.79. The Hall–Kier alpha value is -1.91. The van der Waals surface area contributed by atoms with Crippen LogP contribution in [0.4, 0.5) is 4.79 Å². The minimum atomic E-state index is -0.384. The zero-order valence-corrected chi connectivity index (χ0v) is 10.6. The Balaban J connectivity index is 1.91. The highest BCUT2D eigenvalue weighted by molar-refractivity contribution is 5.67. The molecule has 0 bridgehead atoms. The van der Waals surface area contributed by atoms with Crippen molar-refractivity contribution in [3.8, 4) is 11.5 Å². The Morgan fingerprint density at radius 1 is 1.44 bits per heavy atom. The van der Waals surface area contributed by atoms with Crippen molar-refractivity contribution in [2.75, 3.05) is 13.4 Å².